The van der Waals surface area contributed by atoms with Gasteiger partial charge in [0.25, 0.3) is 0 Å². The molecule has 0 amide bonds. The van der Waals surface area contributed by atoms with E-state index in [2.05, 4.69) is 20.9 Å². The van der Waals surface area contributed by atoms with Crippen molar-refractivity contribution in [2.24, 2.45) is 0 Å². The first-order valence-corrected chi connectivity index (χ1v) is 6.31. The van der Waals surface area contributed by atoms with Crippen molar-refractivity contribution in [3.05, 3.63) is 33.1 Å². The summed E-state index contributed by atoms with van der Waals surface area (Å²) in [6, 6.07) is 5.39. The van der Waals surface area contributed by atoms with Crippen LogP contribution in [-0.4, -0.2) is 23.2 Å². The van der Waals surface area contributed by atoms with Crippen molar-refractivity contribution in [3.8, 4) is 17.0 Å². The normalized spacial score (nSPS) is 10.2. The number of aromatic carboxylic acids is 1. The summed E-state index contributed by atoms with van der Waals surface area (Å²) < 4.78 is 6.05. The molecule has 0 saturated heterocycles. The number of hydrogen-bond donors (Lipinski definition) is 1. The van der Waals surface area contributed by atoms with E-state index in [4.69, 9.17) is 9.84 Å². The highest BCUT2D eigenvalue weighted by Gasteiger charge is 2.18. The number of benzene rings is 1. The number of rotatable bonds is 3. The molecule has 0 aliphatic carbocycles. The Morgan fingerprint density at radius 1 is 1.53 bits per heavy atom. The lowest BCUT2D eigenvalue weighted by molar-refractivity contribution is 0.0702. The van der Waals surface area contributed by atoms with Gasteiger partial charge in [-0.2, -0.15) is 0 Å². The lowest BCUT2D eigenvalue weighted by atomic mass is 10.1. The standard InChI is InChI=1S/C11H8BrNO3S/c1-16-8-3-2-6(12)4-7(8)9-10(11(14)15)17-5-13-9/h2-5H,1H3,(H,14,15). The summed E-state index contributed by atoms with van der Waals surface area (Å²) >= 11 is 4.44. The minimum absolute atomic E-state index is 0.210. The van der Waals surface area contributed by atoms with Crippen LogP contribution in [0.25, 0.3) is 11.3 Å². The molecule has 88 valence electrons. The summed E-state index contributed by atoms with van der Waals surface area (Å²) in [4.78, 5) is 15.4. The van der Waals surface area contributed by atoms with Gasteiger partial charge in [-0.15, -0.1) is 11.3 Å². The topological polar surface area (TPSA) is 59.4 Å². The quantitative estimate of drug-likeness (QED) is 0.944. The zero-order valence-corrected chi connectivity index (χ0v) is 11.2. The monoisotopic (exact) mass is 313 g/mol. The minimum Gasteiger partial charge on any atom is -0.496 e. The van der Waals surface area contributed by atoms with Gasteiger partial charge in [0.15, 0.2) is 0 Å². The first-order valence-electron chi connectivity index (χ1n) is 4.64. The molecule has 1 aromatic carbocycles. The summed E-state index contributed by atoms with van der Waals surface area (Å²) in [6.45, 7) is 0. The summed E-state index contributed by atoms with van der Waals surface area (Å²) in [5.41, 5.74) is 2.61. The maximum absolute atomic E-state index is 11.1. The lowest BCUT2D eigenvalue weighted by Crippen LogP contribution is -1.97. The Bertz CT molecular complexity index is 568. The maximum atomic E-state index is 11.1. The summed E-state index contributed by atoms with van der Waals surface area (Å²) in [6.07, 6.45) is 0. The molecule has 4 nitrogen and oxygen atoms in total. The van der Waals surface area contributed by atoms with Crippen molar-refractivity contribution >= 4 is 33.2 Å². The number of ether oxygens (including phenoxy) is 1. The van der Waals surface area contributed by atoms with Crippen molar-refractivity contribution in [2.75, 3.05) is 7.11 Å². The maximum Gasteiger partial charge on any atom is 0.348 e. The average molecular weight is 314 g/mol. The molecule has 0 atom stereocenters. The highest BCUT2D eigenvalue weighted by molar-refractivity contribution is 9.10. The highest BCUT2D eigenvalue weighted by atomic mass is 79.9. The molecule has 0 bridgehead atoms. The van der Waals surface area contributed by atoms with E-state index in [1.165, 1.54) is 5.51 Å². The Kier molecular flexibility index (Phi) is 3.44. The van der Waals surface area contributed by atoms with Gasteiger partial charge in [-0.1, -0.05) is 15.9 Å². The van der Waals surface area contributed by atoms with Crippen LogP contribution >= 0.6 is 27.3 Å². The Morgan fingerprint density at radius 3 is 2.94 bits per heavy atom. The second-order valence-corrected chi connectivity index (χ2v) is 4.95. The third-order valence-corrected chi connectivity index (χ3v) is 3.49. The van der Waals surface area contributed by atoms with Crippen molar-refractivity contribution in [2.45, 2.75) is 0 Å². The second kappa shape index (κ2) is 4.85. The van der Waals surface area contributed by atoms with Gasteiger partial charge in [-0.05, 0) is 18.2 Å². The van der Waals surface area contributed by atoms with Crippen LogP contribution in [-0.2, 0) is 0 Å². The van der Waals surface area contributed by atoms with E-state index in [1.807, 2.05) is 6.07 Å². The fourth-order valence-corrected chi connectivity index (χ4v) is 2.45. The number of hydrogen-bond acceptors (Lipinski definition) is 4. The highest BCUT2D eigenvalue weighted by Crippen LogP contribution is 2.35. The molecule has 0 aliphatic heterocycles. The third kappa shape index (κ3) is 2.32. The molecule has 0 radical (unpaired) electrons. The SMILES string of the molecule is COc1ccc(Br)cc1-c1ncsc1C(=O)O. The largest absolute Gasteiger partial charge is 0.496 e. The molecule has 2 rings (SSSR count). The van der Waals surface area contributed by atoms with Crippen molar-refractivity contribution in [1.29, 1.82) is 0 Å². The zero-order valence-electron chi connectivity index (χ0n) is 8.81. The Hall–Kier alpha value is -1.40. The van der Waals surface area contributed by atoms with Crippen LogP contribution in [0.3, 0.4) is 0 Å². The van der Waals surface area contributed by atoms with E-state index in [1.54, 1.807) is 19.2 Å². The summed E-state index contributed by atoms with van der Waals surface area (Å²) in [5.74, 6) is -0.383. The first kappa shape index (κ1) is 12.1. The molecular formula is C11H8BrNO3S. The average Bonchev–Trinajstić information content (AvgIpc) is 2.77. The number of carboxylic acids is 1. The fraction of sp³-hybridized carbons (Fsp3) is 0.0909. The van der Waals surface area contributed by atoms with E-state index in [0.29, 0.717) is 17.0 Å². The fourth-order valence-electron chi connectivity index (χ4n) is 1.46. The van der Waals surface area contributed by atoms with Gasteiger partial charge in [-0.3, -0.25) is 0 Å². The van der Waals surface area contributed by atoms with Crippen LogP contribution in [0.15, 0.2) is 28.2 Å². The van der Waals surface area contributed by atoms with Crippen LogP contribution in [0.2, 0.25) is 0 Å². The molecule has 0 unspecified atom stereocenters. The number of halogens is 1. The molecule has 0 aliphatic rings. The first-order chi connectivity index (χ1) is 8.13. The molecule has 0 saturated carbocycles. The van der Waals surface area contributed by atoms with Gasteiger partial charge in [0.2, 0.25) is 0 Å². The van der Waals surface area contributed by atoms with Gasteiger partial charge in [-0.25, -0.2) is 9.78 Å². The van der Waals surface area contributed by atoms with Gasteiger partial charge in [0, 0.05) is 10.0 Å². The van der Waals surface area contributed by atoms with Crippen LogP contribution < -0.4 is 4.74 Å². The summed E-state index contributed by atoms with van der Waals surface area (Å²) in [5, 5.41) is 9.07. The summed E-state index contributed by atoms with van der Waals surface area (Å²) in [7, 11) is 1.54. The Labute approximate surface area is 110 Å². The van der Waals surface area contributed by atoms with Crippen LogP contribution in [0.4, 0.5) is 0 Å². The number of nitrogens with zero attached hydrogens (tertiary/aromatic N) is 1. The Morgan fingerprint density at radius 2 is 2.29 bits per heavy atom. The van der Waals surface area contributed by atoms with Crippen LogP contribution in [0, 0.1) is 0 Å². The van der Waals surface area contributed by atoms with Crippen LogP contribution in [0.1, 0.15) is 9.67 Å². The van der Waals surface area contributed by atoms with Gasteiger partial charge >= 0.3 is 5.97 Å². The van der Waals surface area contributed by atoms with Crippen molar-refractivity contribution < 1.29 is 14.6 Å². The molecule has 1 N–H and O–H groups in total. The number of methoxy groups -OCH3 is 1. The molecule has 0 spiro atoms. The molecule has 1 aromatic heterocycles. The second-order valence-electron chi connectivity index (χ2n) is 3.18. The number of carbonyl (C=O) groups is 1. The third-order valence-electron chi connectivity index (χ3n) is 2.18. The van der Waals surface area contributed by atoms with Crippen molar-refractivity contribution in [3.63, 3.8) is 0 Å². The molecule has 6 heteroatoms. The predicted octanol–water partition coefficient (Wildman–Crippen LogP) is 3.28. The molecule has 2 aromatic rings. The zero-order chi connectivity index (χ0) is 12.4. The smallest absolute Gasteiger partial charge is 0.348 e. The van der Waals surface area contributed by atoms with Gasteiger partial charge < -0.3 is 9.84 Å². The number of thiazole rings is 1. The molecular weight excluding hydrogens is 306 g/mol. The van der Waals surface area contributed by atoms with Gasteiger partial charge in [0.1, 0.15) is 10.6 Å². The van der Waals surface area contributed by atoms with E-state index in [-0.39, 0.29) is 4.88 Å². The van der Waals surface area contributed by atoms with E-state index < -0.39 is 5.97 Å². The number of carboxylic acid groups (broad SMARTS) is 1. The number of aromatic nitrogens is 1. The molecule has 17 heavy (non-hydrogen) atoms. The van der Waals surface area contributed by atoms with E-state index in [0.717, 1.165) is 15.8 Å². The Balaban J connectivity index is 2.63. The molecule has 0 fully saturated rings. The van der Waals surface area contributed by atoms with Gasteiger partial charge in [0.05, 0.1) is 18.3 Å². The van der Waals surface area contributed by atoms with E-state index >= 15 is 0 Å². The van der Waals surface area contributed by atoms with Crippen LogP contribution in [0.5, 0.6) is 5.75 Å². The lowest BCUT2D eigenvalue weighted by Gasteiger charge is -2.07. The van der Waals surface area contributed by atoms with E-state index in [9.17, 15) is 4.79 Å². The minimum atomic E-state index is -0.982. The predicted molar refractivity (Wildman–Crippen MR) is 68.8 cm³/mol. The molecule has 1 heterocycles. The van der Waals surface area contributed by atoms with Crippen molar-refractivity contribution in [1.82, 2.24) is 4.98 Å².